The standard InChI is InChI=1S/C19H19N3O4/c23-18-9-8-13(10-17(18)22(25)26)12-20-21-19(24)11-15-6-3-5-14-4-1-2-7-16(14)15/h3,5-6,8-10,12,23H,1-2,4,7,11H2,(H,21,24)/b20-12+. The van der Waals surface area contributed by atoms with Gasteiger partial charge in [0, 0.05) is 11.6 Å². The first kappa shape index (κ1) is 17.6. The number of benzene rings is 2. The molecule has 26 heavy (non-hydrogen) atoms. The lowest BCUT2D eigenvalue weighted by Crippen LogP contribution is -2.21. The van der Waals surface area contributed by atoms with Gasteiger partial charge < -0.3 is 5.11 Å². The van der Waals surface area contributed by atoms with Gasteiger partial charge in [-0.05, 0) is 54.5 Å². The van der Waals surface area contributed by atoms with Crippen LogP contribution in [-0.2, 0) is 24.1 Å². The number of phenols is 1. The first-order valence-electron chi connectivity index (χ1n) is 8.43. The van der Waals surface area contributed by atoms with Crippen LogP contribution >= 0.6 is 0 Å². The molecule has 0 saturated heterocycles. The fraction of sp³-hybridized carbons (Fsp3) is 0.263. The number of hydrazone groups is 1. The number of nitro groups is 1. The average Bonchev–Trinajstić information content (AvgIpc) is 2.63. The minimum Gasteiger partial charge on any atom is -0.502 e. The Balaban J connectivity index is 1.64. The number of fused-ring (bicyclic) bond motifs is 1. The summed E-state index contributed by atoms with van der Waals surface area (Å²) in [6.45, 7) is 0. The number of rotatable bonds is 5. The predicted molar refractivity (Wildman–Crippen MR) is 97.3 cm³/mol. The van der Waals surface area contributed by atoms with E-state index in [0.29, 0.717) is 5.56 Å². The van der Waals surface area contributed by atoms with Gasteiger partial charge in [-0.1, -0.05) is 18.2 Å². The van der Waals surface area contributed by atoms with Gasteiger partial charge >= 0.3 is 5.69 Å². The van der Waals surface area contributed by atoms with Gasteiger partial charge in [0.1, 0.15) is 0 Å². The van der Waals surface area contributed by atoms with Gasteiger partial charge in [-0.2, -0.15) is 5.10 Å². The molecule has 0 fully saturated rings. The minimum absolute atomic E-state index is 0.242. The van der Waals surface area contributed by atoms with Crippen molar-refractivity contribution in [3.8, 4) is 5.75 Å². The molecule has 3 rings (SSSR count). The summed E-state index contributed by atoms with van der Waals surface area (Å²) in [6.07, 6.45) is 5.94. The van der Waals surface area contributed by atoms with E-state index in [9.17, 15) is 20.0 Å². The monoisotopic (exact) mass is 353 g/mol. The van der Waals surface area contributed by atoms with Gasteiger partial charge in [-0.25, -0.2) is 5.43 Å². The van der Waals surface area contributed by atoms with Crippen LogP contribution in [0.2, 0.25) is 0 Å². The number of hydrogen-bond donors (Lipinski definition) is 2. The molecule has 1 aliphatic rings. The Bertz CT molecular complexity index is 877. The molecule has 0 radical (unpaired) electrons. The highest BCUT2D eigenvalue weighted by Crippen LogP contribution is 2.26. The van der Waals surface area contributed by atoms with E-state index < -0.39 is 16.4 Å². The topological polar surface area (TPSA) is 105 Å². The number of carbonyl (C=O) groups is 1. The summed E-state index contributed by atoms with van der Waals surface area (Å²) in [4.78, 5) is 22.3. The molecule has 0 heterocycles. The molecule has 0 spiro atoms. The summed E-state index contributed by atoms with van der Waals surface area (Å²) < 4.78 is 0. The van der Waals surface area contributed by atoms with Gasteiger partial charge in [-0.15, -0.1) is 0 Å². The molecule has 134 valence electrons. The number of phenolic OH excluding ortho intramolecular Hbond substituents is 1. The summed E-state index contributed by atoms with van der Waals surface area (Å²) in [5, 5.41) is 24.1. The van der Waals surface area contributed by atoms with Crippen molar-refractivity contribution in [2.75, 3.05) is 0 Å². The average molecular weight is 353 g/mol. The van der Waals surface area contributed by atoms with Crippen molar-refractivity contribution in [1.82, 2.24) is 5.43 Å². The Kier molecular flexibility index (Phi) is 5.26. The Morgan fingerprint density at radius 2 is 2.08 bits per heavy atom. The highest BCUT2D eigenvalue weighted by molar-refractivity contribution is 5.84. The Labute approximate surface area is 150 Å². The SMILES string of the molecule is O=C(Cc1cccc2c1CCCC2)N/N=C/c1ccc(O)c([N+](=O)[O-])c1. The van der Waals surface area contributed by atoms with Gasteiger partial charge in [0.25, 0.3) is 0 Å². The second kappa shape index (κ2) is 7.77. The van der Waals surface area contributed by atoms with Crippen LogP contribution in [-0.4, -0.2) is 22.2 Å². The number of carbonyl (C=O) groups excluding carboxylic acids is 1. The van der Waals surface area contributed by atoms with Gasteiger partial charge in [0.2, 0.25) is 5.91 Å². The van der Waals surface area contributed by atoms with E-state index in [1.165, 1.54) is 42.0 Å². The van der Waals surface area contributed by atoms with E-state index >= 15 is 0 Å². The maximum Gasteiger partial charge on any atom is 0.311 e. The minimum atomic E-state index is -0.677. The van der Waals surface area contributed by atoms with Gasteiger partial charge in [0.05, 0.1) is 17.6 Å². The van der Waals surface area contributed by atoms with Crippen LogP contribution in [0.15, 0.2) is 41.5 Å². The molecule has 7 heteroatoms. The zero-order valence-electron chi connectivity index (χ0n) is 14.1. The molecular weight excluding hydrogens is 334 g/mol. The number of hydrogen-bond acceptors (Lipinski definition) is 5. The van der Waals surface area contributed by atoms with Crippen molar-refractivity contribution in [1.29, 1.82) is 0 Å². The zero-order valence-corrected chi connectivity index (χ0v) is 14.1. The second-order valence-electron chi connectivity index (χ2n) is 6.24. The fourth-order valence-corrected chi connectivity index (χ4v) is 3.18. The van der Waals surface area contributed by atoms with Gasteiger partial charge in [0.15, 0.2) is 5.75 Å². The molecule has 2 aromatic carbocycles. The predicted octanol–water partition coefficient (Wildman–Crippen LogP) is 2.87. The van der Waals surface area contributed by atoms with E-state index in [2.05, 4.69) is 16.6 Å². The maximum absolute atomic E-state index is 12.1. The first-order valence-corrected chi connectivity index (χ1v) is 8.43. The summed E-state index contributed by atoms with van der Waals surface area (Å²) in [6, 6.07) is 9.95. The van der Waals surface area contributed by atoms with Crippen LogP contribution in [0.25, 0.3) is 0 Å². The first-order chi connectivity index (χ1) is 12.5. The van der Waals surface area contributed by atoms with Crippen molar-refractivity contribution in [3.63, 3.8) is 0 Å². The van der Waals surface area contributed by atoms with Crippen molar-refractivity contribution in [2.24, 2.45) is 5.10 Å². The third-order valence-corrected chi connectivity index (χ3v) is 4.44. The number of nitrogens with zero attached hydrogens (tertiary/aromatic N) is 2. The molecule has 0 aliphatic heterocycles. The number of nitro benzene ring substituents is 1. The normalized spacial score (nSPS) is 13.4. The smallest absolute Gasteiger partial charge is 0.311 e. The largest absolute Gasteiger partial charge is 0.502 e. The summed E-state index contributed by atoms with van der Waals surface area (Å²) in [5.74, 6) is -0.654. The molecule has 1 aliphatic carbocycles. The third kappa shape index (κ3) is 4.05. The highest BCUT2D eigenvalue weighted by Gasteiger charge is 2.15. The van der Waals surface area contributed by atoms with E-state index in [1.54, 1.807) is 0 Å². The highest BCUT2D eigenvalue weighted by atomic mass is 16.6. The fourth-order valence-electron chi connectivity index (χ4n) is 3.18. The Morgan fingerprint density at radius 1 is 1.27 bits per heavy atom. The number of nitrogens with one attached hydrogen (secondary N) is 1. The van der Waals surface area contributed by atoms with Crippen LogP contribution < -0.4 is 5.43 Å². The second-order valence-corrected chi connectivity index (χ2v) is 6.24. The molecule has 0 saturated carbocycles. The molecule has 0 aromatic heterocycles. The van der Waals surface area contributed by atoms with Crippen molar-refractivity contribution >= 4 is 17.8 Å². The molecule has 2 N–H and O–H groups in total. The molecule has 7 nitrogen and oxygen atoms in total. The summed E-state index contributed by atoms with van der Waals surface area (Å²) >= 11 is 0. The van der Waals surface area contributed by atoms with Crippen molar-refractivity contribution in [2.45, 2.75) is 32.1 Å². The van der Waals surface area contributed by atoms with Crippen LogP contribution in [0.1, 0.15) is 35.1 Å². The third-order valence-electron chi connectivity index (χ3n) is 4.44. The lowest BCUT2D eigenvalue weighted by molar-refractivity contribution is -0.385. The zero-order chi connectivity index (χ0) is 18.5. The Hall–Kier alpha value is -3.22. The number of aromatic hydroxyl groups is 1. The van der Waals surface area contributed by atoms with Crippen LogP contribution in [0, 0.1) is 10.1 Å². The van der Waals surface area contributed by atoms with Crippen molar-refractivity contribution in [3.05, 3.63) is 68.8 Å². The van der Waals surface area contributed by atoms with Gasteiger partial charge in [-0.3, -0.25) is 14.9 Å². The molecule has 1 amide bonds. The molecule has 2 aromatic rings. The quantitative estimate of drug-likeness (QED) is 0.490. The van der Waals surface area contributed by atoms with Crippen molar-refractivity contribution < 1.29 is 14.8 Å². The lowest BCUT2D eigenvalue weighted by atomic mass is 9.87. The molecule has 0 atom stereocenters. The van der Waals surface area contributed by atoms with Crippen LogP contribution in [0.4, 0.5) is 5.69 Å². The maximum atomic E-state index is 12.1. The molecular formula is C19H19N3O4. The van der Waals surface area contributed by atoms with E-state index in [1.807, 2.05) is 12.1 Å². The lowest BCUT2D eigenvalue weighted by Gasteiger charge is -2.18. The van der Waals surface area contributed by atoms with E-state index in [0.717, 1.165) is 24.8 Å². The van der Waals surface area contributed by atoms with Crippen LogP contribution in [0.3, 0.4) is 0 Å². The molecule has 0 unspecified atom stereocenters. The molecule has 0 bridgehead atoms. The Morgan fingerprint density at radius 3 is 2.88 bits per heavy atom. The summed E-state index contributed by atoms with van der Waals surface area (Å²) in [7, 11) is 0. The van der Waals surface area contributed by atoms with Crippen LogP contribution in [0.5, 0.6) is 5.75 Å². The van der Waals surface area contributed by atoms with E-state index in [4.69, 9.17) is 0 Å². The van der Waals surface area contributed by atoms with E-state index in [-0.39, 0.29) is 12.3 Å². The number of amides is 1. The summed E-state index contributed by atoms with van der Waals surface area (Å²) in [5.41, 5.74) is 6.07. The number of aryl methyl sites for hydroxylation is 1.